The summed E-state index contributed by atoms with van der Waals surface area (Å²) in [7, 11) is -3.56. The van der Waals surface area contributed by atoms with Crippen molar-refractivity contribution in [3.8, 4) is 0 Å². The van der Waals surface area contributed by atoms with E-state index >= 15 is 0 Å². The molecule has 2 aromatic rings. The molecule has 0 aromatic heterocycles. The Morgan fingerprint density at radius 3 is 2.52 bits per heavy atom. The first-order valence-electron chi connectivity index (χ1n) is 8.05. The molecular formula is C18H21BrN2O3S. The van der Waals surface area contributed by atoms with Crippen LogP contribution in [0.5, 0.6) is 0 Å². The van der Waals surface area contributed by atoms with Crippen LogP contribution in [0.15, 0.2) is 57.9 Å². The zero-order valence-electron chi connectivity index (χ0n) is 14.0. The molecule has 2 aromatic carbocycles. The van der Waals surface area contributed by atoms with E-state index in [2.05, 4.69) is 26.0 Å². The van der Waals surface area contributed by atoms with Gasteiger partial charge in [-0.1, -0.05) is 47.5 Å². The maximum Gasteiger partial charge on any atom is 0.240 e. The lowest BCUT2D eigenvalue weighted by atomic mass is 10.1. The van der Waals surface area contributed by atoms with E-state index in [1.54, 1.807) is 12.1 Å². The molecule has 0 aliphatic rings. The normalized spacial score (nSPS) is 11.3. The zero-order valence-corrected chi connectivity index (χ0v) is 16.4. The first kappa shape index (κ1) is 19.6. The molecule has 0 bridgehead atoms. The van der Waals surface area contributed by atoms with Crippen molar-refractivity contribution in [1.29, 1.82) is 0 Å². The van der Waals surface area contributed by atoms with Gasteiger partial charge in [0.1, 0.15) is 0 Å². The van der Waals surface area contributed by atoms with Crippen molar-refractivity contribution in [2.45, 2.75) is 31.1 Å². The summed E-state index contributed by atoms with van der Waals surface area (Å²) in [6.07, 6.45) is 1.91. The third-order valence-electron chi connectivity index (χ3n) is 3.53. The highest BCUT2D eigenvalue weighted by Gasteiger charge is 2.14. The molecule has 0 atom stereocenters. The molecule has 1 amide bonds. The molecule has 0 radical (unpaired) electrons. The van der Waals surface area contributed by atoms with Crippen molar-refractivity contribution in [2.24, 2.45) is 0 Å². The van der Waals surface area contributed by atoms with E-state index in [0.717, 1.165) is 22.9 Å². The van der Waals surface area contributed by atoms with Gasteiger partial charge in [0.2, 0.25) is 15.9 Å². The molecule has 25 heavy (non-hydrogen) atoms. The summed E-state index contributed by atoms with van der Waals surface area (Å²) in [4.78, 5) is 12.3. The van der Waals surface area contributed by atoms with E-state index in [1.165, 1.54) is 12.1 Å². The fourth-order valence-electron chi connectivity index (χ4n) is 2.20. The average Bonchev–Trinajstić information content (AvgIpc) is 2.57. The van der Waals surface area contributed by atoms with Gasteiger partial charge in [0, 0.05) is 16.7 Å². The van der Waals surface area contributed by atoms with Crippen molar-refractivity contribution in [3.05, 3.63) is 58.6 Å². The van der Waals surface area contributed by atoms with E-state index in [9.17, 15) is 13.2 Å². The number of hydrogen-bond acceptors (Lipinski definition) is 3. The van der Waals surface area contributed by atoms with Crippen molar-refractivity contribution >= 4 is 37.5 Å². The second-order valence-electron chi connectivity index (χ2n) is 5.63. The number of benzene rings is 2. The first-order chi connectivity index (χ1) is 11.9. The molecule has 0 unspecified atom stereocenters. The van der Waals surface area contributed by atoms with Gasteiger partial charge in [0.05, 0.1) is 11.3 Å². The van der Waals surface area contributed by atoms with E-state index < -0.39 is 10.0 Å². The van der Waals surface area contributed by atoms with Gasteiger partial charge < -0.3 is 5.32 Å². The molecule has 134 valence electrons. The van der Waals surface area contributed by atoms with Crippen LogP contribution < -0.4 is 10.0 Å². The van der Waals surface area contributed by atoms with Crippen LogP contribution >= 0.6 is 15.9 Å². The molecule has 5 nitrogen and oxygen atoms in total. The number of anilines is 1. The molecular weight excluding hydrogens is 404 g/mol. The molecule has 2 N–H and O–H groups in total. The van der Waals surface area contributed by atoms with Gasteiger partial charge >= 0.3 is 0 Å². The fourth-order valence-corrected chi connectivity index (χ4v) is 3.58. The summed E-state index contributed by atoms with van der Waals surface area (Å²) < 4.78 is 28.0. The lowest BCUT2D eigenvalue weighted by Gasteiger charge is -2.09. The number of hydrogen-bond donors (Lipinski definition) is 2. The SMILES string of the molecule is CCCCNS(=O)(=O)c1cccc(NC(=O)Cc2ccc(Br)cc2)c1. The lowest BCUT2D eigenvalue weighted by Crippen LogP contribution is -2.25. The number of halogens is 1. The third-order valence-corrected chi connectivity index (χ3v) is 5.52. The molecule has 0 saturated carbocycles. The summed E-state index contributed by atoms with van der Waals surface area (Å²) in [5, 5.41) is 2.74. The van der Waals surface area contributed by atoms with Crippen molar-refractivity contribution < 1.29 is 13.2 Å². The van der Waals surface area contributed by atoms with Gasteiger partial charge in [0.15, 0.2) is 0 Å². The van der Waals surface area contributed by atoms with Gasteiger partial charge in [-0.3, -0.25) is 4.79 Å². The summed E-state index contributed by atoms with van der Waals surface area (Å²) >= 11 is 3.35. The topological polar surface area (TPSA) is 75.3 Å². The molecule has 0 saturated heterocycles. The van der Waals surface area contributed by atoms with E-state index in [1.807, 2.05) is 31.2 Å². The van der Waals surface area contributed by atoms with Crippen LogP contribution in [-0.2, 0) is 21.2 Å². The Labute approximate surface area is 157 Å². The Morgan fingerprint density at radius 2 is 1.84 bits per heavy atom. The number of carbonyl (C=O) groups excluding carboxylic acids is 1. The summed E-state index contributed by atoms with van der Waals surface area (Å²) in [6.45, 7) is 2.40. The molecule has 0 heterocycles. The van der Waals surface area contributed by atoms with Gasteiger partial charge in [-0.15, -0.1) is 0 Å². The molecule has 2 rings (SSSR count). The van der Waals surface area contributed by atoms with E-state index in [0.29, 0.717) is 12.2 Å². The van der Waals surface area contributed by atoms with Gasteiger partial charge in [-0.25, -0.2) is 13.1 Å². The molecule has 0 fully saturated rings. The van der Waals surface area contributed by atoms with Crippen molar-refractivity contribution in [1.82, 2.24) is 4.72 Å². The summed E-state index contributed by atoms with van der Waals surface area (Å²) in [5.74, 6) is -0.198. The number of nitrogens with one attached hydrogen (secondary N) is 2. The average molecular weight is 425 g/mol. The van der Waals surface area contributed by atoms with Crippen LogP contribution in [0.1, 0.15) is 25.3 Å². The number of unbranched alkanes of at least 4 members (excludes halogenated alkanes) is 1. The van der Waals surface area contributed by atoms with Gasteiger partial charge in [-0.05, 0) is 42.3 Å². The largest absolute Gasteiger partial charge is 0.326 e. The quantitative estimate of drug-likeness (QED) is 0.634. The standard InChI is InChI=1S/C18H21BrN2O3S/c1-2-3-11-20-25(23,24)17-6-4-5-16(13-17)21-18(22)12-14-7-9-15(19)10-8-14/h4-10,13,20H,2-3,11-12H2,1H3,(H,21,22). The van der Waals surface area contributed by atoms with Gasteiger partial charge in [0.25, 0.3) is 0 Å². The van der Waals surface area contributed by atoms with Crippen molar-refractivity contribution in [2.75, 3.05) is 11.9 Å². The van der Waals surface area contributed by atoms with E-state index in [-0.39, 0.29) is 17.2 Å². The van der Waals surface area contributed by atoms with Crippen LogP contribution in [0.25, 0.3) is 0 Å². The predicted molar refractivity (Wildman–Crippen MR) is 103 cm³/mol. The van der Waals surface area contributed by atoms with Crippen LogP contribution in [0.3, 0.4) is 0 Å². The second-order valence-corrected chi connectivity index (χ2v) is 8.31. The Kier molecular flexibility index (Phi) is 7.16. The predicted octanol–water partition coefficient (Wildman–Crippen LogP) is 3.71. The van der Waals surface area contributed by atoms with E-state index in [4.69, 9.17) is 0 Å². The molecule has 0 aliphatic carbocycles. The Hall–Kier alpha value is -1.70. The highest BCUT2D eigenvalue weighted by Crippen LogP contribution is 2.16. The lowest BCUT2D eigenvalue weighted by molar-refractivity contribution is -0.115. The monoisotopic (exact) mass is 424 g/mol. The highest BCUT2D eigenvalue weighted by atomic mass is 79.9. The maximum atomic E-state index is 12.2. The van der Waals surface area contributed by atoms with Crippen molar-refractivity contribution in [3.63, 3.8) is 0 Å². The minimum atomic E-state index is -3.56. The summed E-state index contributed by atoms with van der Waals surface area (Å²) in [5.41, 5.74) is 1.34. The first-order valence-corrected chi connectivity index (χ1v) is 10.3. The number of sulfonamides is 1. The number of rotatable bonds is 8. The minimum absolute atomic E-state index is 0.144. The van der Waals surface area contributed by atoms with Crippen LogP contribution in [-0.4, -0.2) is 20.9 Å². The maximum absolute atomic E-state index is 12.2. The molecule has 0 aliphatic heterocycles. The van der Waals surface area contributed by atoms with Crippen LogP contribution in [0.4, 0.5) is 5.69 Å². The summed E-state index contributed by atoms with van der Waals surface area (Å²) in [6, 6.07) is 13.7. The highest BCUT2D eigenvalue weighted by molar-refractivity contribution is 9.10. The minimum Gasteiger partial charge on any atom is -0.326 e. The van der Waals surface area contributed by atoms with Gasteiger partial charge in [-0.2, -0.15) is 0 Å². The zero-order chi connectivity index (χ0) is 18.3. The number of carbonyl (C=O) groups is 1. The smallest absolute Gasteiger partial charge is 0.240 e. The Bertz CT molecular complexity index is 820. The second kappa shape index (κ2) is 9.12. The molecule has 7 heteroatoms. The fraction of sp³-hybridized carbons (Fsp3) is 0.278. The Morgan fingerprint density at radius 1 is 1.12 bits per heavy atom. The van der Waals surface area contributed by atoms with Crippen LogP contribution in [0, 0.1) is 0 Å². The third kappa shape index (κ3) is 6.26. The Balaban J connectivity index is 2.03. The number of amides is 1. The molecule has 0 spiro atoms. The van der Waals surface area contributed by atoms with Crippen LogP contribution in [0.2, 0.25) is 0 Å².